The molecule has 2 aromatic rings. The predicted molar refractivity (Wildman–Crippen MR) is 109 cm³/mol. The van der Waals surface area contributed by atoms with E-state index in [1.54, 1.807) is 0 Å². The van der Waals surface area contributed by atoms with Crippen LogP contribution in [0.4, 0.5) is 0 Å². The molecule has 0 saturated carbocycles. The van der Waals surface area contributed by atoms with Crippen LogP contribution in [0.25, 0.3) is 6.08 Å². The molecule has 0 bridgehead atoms. The van der Waals surface area contributed by atoms with Gasteiger partial charge in [0.15, 0.2) is 0 Å². The number of rotatable bonds is 5. The molecule has 0 atom stereocenters. The number of benzene rings is 2. The van der Waals surface area contributed by atoms with Crippen molar-refractivity contribution in [3.63, 3.8) is 0 Å². The van der Waals surface area contributed by atoms with Crippen molar-refractivity contribution in [3.8, 4) is 17.6 Å². The first-order valence-corrected chi connectivity index (χ1v) is 9.45. The molecule has 0 radical (unpaired) electrons. The van der Waals surface area contributed by atoms with Crippen molar-refractivity contribution in [2.45, 2.75) is 59.2 Å². The fourth-order valence-corrected chi connectivity index (χ4v) is 3.76. The Morgan fingerprint density at radius 3 is 2.59 bits per heavy atom. The summed E-state index contributed by atoms with van der Waals surface area (Å²) in [7, 11) is 0. The molecule has 0 amide bonds. The zero-order chi connectivity index (χ0) is 19.6. The summed E-state index contributed by atoms with van der Waals surface area (Å²) >= 11 is 0. The van der Waals surface area contributed by atoms with Crippen LogP contribution in [-0.2, 0) is 13.0 Å². The molecular formula is C24H27NO2. The first kappa shape index (κ1) is 19.0. The van der Waals surface area contributed by atoms with Crippen molar-refractivity contribution >= 4 is 6.08 Å². The number of hydrogen-bond acceptors (Lipinski definition) is 3. The molecule has 3 nitrogen and oxygen atoms in total. The summed E-state index contributed by atoms with van der Waals surface area (Å²) in [6.07, 6.45) is 4.22. The molecule has 1 heterocycles. The number of allylic oxidation sites excluding steroid dienone is 1. The molecule has 0 N–H and O–H groups in total. The van der Waals surface area contributed by atoms with Gasteiger partial charge < -0.3 is 9.47 Å². The maximum atomic E-state index is 9.08. The van der Waals surface area contributed by atoms with E-state index in [0.717, 1.165) is 40.2 Å². The summed E-state index contributed by atoms with van der Waals surface area (Å²) in [6, 6.07) is 12.3. The smallest absolute Gasteiger partial charge is 0.131 e. The van der Waals surface area contributed by atoms with Crippen LogP contribution in [-0.4, -0.2) is 5.60 Å². The van der Waals surface area contributed by atoms with Crippen molar-refractivity contribution in [1.82, 2.24) is 0 Å². The Morgan fingerprint density at radius 1 is 1.26 bits per heavy atom. The van der Waals surface area contributed by atoms with E-state index in [1.165, 1.54) is 11.6 Å². The lowest BCUT2D eigenvalue weighted by molar-refractivity contribution is 0.138. The summed E-state index contributed by atoms with van der Waals surface area (Å²) in [5, 5.41) is 9.08. The van der Waals surface area contributed by atoms with Gasteiger partial charge in [0.1, 0.15) is 23.7 Å². The molecule has 3 heteroatoms. The van der Waals surface area contributed by atoms with Gasteiger partial charge in [-0.1, -0.05) is 44.2 Å². The van der Waals surface area contributed by atoms with Gasteiger partial charge in [-0.05, 0) is 43.9 Å². The lowest BCUT2D eigenvalue weighted by Gasteiger charge is -2.23. The number of ether oxygens (including phenoxy) is 2. The van der Waals surface area contributed by atoms with Crippen LogP contribution in [0.5, 0.6) is 11.5 Å². The largest absolute Gasteiger partial charge is 0.488 e. The minimum Gasteiger partial charge on any atom is -0.488 e. The lowest BCUT2D eigenvalue weighted by Crippen LogP contribution is -2.24. The van der Waals surface area contributed by atoms with Gasteiger partial charge in [-0.25, -0.2) is 0 Å². The van der Waals surface area contributed by atoms with E-state index in [9.17, 15) is 0 Å². The monoisotopic (exact) mass is 361 g/mol. The van der Waals surface area contributed by atoms with Gasteiger partial charge in [-0.3, -0.25) is 0 Å². The summed E-state index contributed by atoms with van der Waals surface area (Å²) in [4.78, 5) is 0. The first-order chi connectivity index (χ1) is 12.8. The van der Waals surface area contributed by atoms with E-state index in [0.29, 0.717) is 6.61 Å². The van der Waals surface area contributed by atoms with Crippen LogP contribution in [0.3, 0.4) is 0 Å². The topological polar surface area (TPSA) is 42.2 Å². The molecule has 1 aliphatic heterocycles. The Labute approximate surface area is 162 Å². The number of nitrogens with zero attached hydrogens (tertiary/aromatic N) is 1. The Morgan fingerprint density at radius 2 is 1.96 bits per heavy atom. The second kappa shape index (κ2) is 7.48. The molecule has 0 saturated heterocycles. The maximum Gasteiger partial charge on any atom is 0.131 e. The first-order valence-electron chi connectivity index (χ1n) is 9.45. The fraction of sp³-hybridized carbons (Fsp3) is 0.375. The highest BCUT2D eigenvalue weighted by Crippen LogP contribution is 2.48. The Bertz CT molecular complexity index is 902. The fourth-order valence-electron chi connectivity index (χ4n) is 3.76. The van der Waals surface area contributed by atoms with Gasteiger partial charge in [0.2, 0.25) is 0 Å². The van der Waals surface area contributed by atoms with E-state index in [4.69, 9.17) is 14.7 Å². The van der Waals surface area contributed by atoms with E-state index in [1.807, 2.05) is 24.3 Å². The summed E-state index contributed by atoms with van der Waals surface area (Å²) < 4.78 is 12.7. The average Bonchev–Trinajstić information content (AvgIpc) is 2.96. The van der Waals surface area contributed by atoms with Crippen LogP contribution < -0.4 is 9.47 Å². The normalized spacial score (nSPS) is 14.9. The highest BCUT2D eigenvalue weighted by Gasteiger charge is 2.36. The summed E-state index contributed by atoms with van der Waals surface area (Å²) in [5.74, 6) is 2.07. The minimum absolute atomic E-state index is 0.241. The number of fused-ring (bicyclic) bond motifs is 1. The van der Waals surface area contributed by atoms with Gasteiger partial charge in [0.05, 0.1) is 6.07 Å². The van der Waals surface area contributed by atoms with Crippen molar-refractivity contribution < 1.29 is 9.47 Å². The molecule has 27 heavy (non-hydrogen) atoms. The van der Waals surface area contributed by atoms with Crippen molar-refractivity contribution in [3.05, 3.63) is 64.2 Å². The van der Waals surface area contributed by atoms with E-state index >= 15 is 0 Å². The van der Waals surface area contributed by atoms with Crippen LogP contribution >= 0.6 is 0 Å². The molecule has 0 aliphatic carbocycles. The Hall–Kier alpha value is -2.73. The molecule has 3 rings (SSSR count). The van der Waals surface area contributed by atoms with E-state index in [2.05, 4.69) is 52.8 Å². The van der Waals surface area contributed by atoms with Crippen LogP contribution in [0.2, 0.25) is 0 Å². The highest BCUT2D eigenvalue weighted by molar-refractivity contribution is 5.72. The van der Waals surface area contributed by atoms with Crippen LogP contribution in [0.1, 0.15) is 61.4 Å². The number of nitriles is 1. The summed E-state index contributed by atoms with van der Waals surface area (Å²) in [6.45, 7) is 11.1. The predicted octanol–water partition coefficient (Wildman–Crippen LogP) is 5.95. The highest BCUT2D eigenvalue weighted by atomic mass is 16.5. The SMILES string of the molecule is Cc1c2c(c(C=CC#N)c(C(C)C)c1OCc1ccccc1)OC(C)(C)C2. The van der Waals surface area contributed by atoms with E-state index in [-0.39, 0.29) is 11.5 Å². The zero-order valence-electron chi connectivity index (χ0n) is 16.8. The van der Waals surface area contributed by atoms with Gasteiger partial charge in [0.25, 0.3) is 0 Å². The van der Waals surface area contributed by atoms with Crippen molar-refractivity contribution in [2.24, 2.45) is 0 Å². The zero-order valence-corrected chi connectivity index (χ0v) is 16.8. The molecular weight excluding hydrogens is 334 g/mol. The van der Waals surface area contributed by atoms with Gasteiger partial charge in [-0.15, -0.1) is 0 Å². The van der Waals surface area contributed by atoms with E-state index < -0.39 is 0 Å². The third kappa shape index (κ3) is 3.85. The van der Waals surface area contributed by atoms with Crippen LogP contribution in [0.15, 0.2) is 36.4 Å². The maximum absolute atomic E-state index is 9.08. The molecule has 140 valence electrons. The van der Waals surface area contributed by atoms with Gasteiger partial charge in [0, 0.05) is 29.2 Å². The third-order valence-corrected chi connectivity index (χ3v) is 4.96. The molecule has 0 fully saturated rings. The third-order valence-electron chi connectivity index (χ3n) is 4.96. The number of hydrogen-bond donors (Lipinski definition) is 0. The molecule has 0 unspecified atom stereocenters. The van der Waals surface area contributed by atoms with Crippen LogP contribution in [0, 0.1) is 18.3 Å². The summed E-state index contributed by atoms with van der Waals surface area (Å²) in [5.41, 5.74) is 5.29. The van der Waals surface area contributed by atoms with Gasteiger partial charge >= 0.3 is 0 Å². The Balaban J connectivity index is 2.14. The molecule has 0 spiro atoms. The van der Waals surface area contributed by atoms with Gasteiger partial charge in [-0.2, -0.15) is 5.26 Å². The molecule has 1 aliphatic rings. The lowest BCUT2D eigenvalue weighted by atomic mass is 9.88. The quantitative estimate of drug-likeness (QED) is 0.618. The second-order valence-electron chi connectivity index (χ2n) is 8.02. The minimum atomic E-state index is -0.255. The molecule has 0 aromatic heterocycles. The average molecular weight is 361 g/mol. The van der Waals surface area contributed by atoms with Crippen molar-refractivity contribution in [2.75, 3.05) is 0 Å². The second-order valence-corrected chi connectivity index (χ2v) is 8.02. The molecule has 2 aromatic carbocycles. The standard InChI is InChI=1S/C24H27NO2/c1-16(2)21-19(12-9-13-25)23-20(14-24(4,5)27-23)17(3)22(21)26-15-18-10-7-6-8-11-18/h6-12,16H,14-15H2,1-5H3. The van der Waals surface area contributed by atoms with Crippen molar-refractivity contribution in [1.29, 1.82) is 5.26 Å². The Kier molecular flexibility index (Phi) is 5.28.